The lowest BCUT2D eigenvalue weighted by molar-refractivity contribution is -0.141. The van der Waals surface area contributed by atoms with Crippen molar-refractivity contribution in [3.05, 3.63) is 52.0 Å². The second kappa shape index (κ2) is 17.5. The van der Waals surface area contributed by atoms with Gasteiger partial charge in [0.25, 0.3) is 5.91 Å². The molecule has 47 heavy (non-hydrogen) atoms. The van der Waals surface area contributed by atoms with E-state index in [-0.39, 0.29) is 59.0 Å². The number of carbonyl (C=O) groups is 5. The van der Waals surface area contributed by atoms with E-state index in [1.165, 1.54) is 5.38 Å². The van der Waals surface area contributed by atoms with E-state index < -0.39 is 35.9 Å². The molecule has 2 heterocycles. The van der Waals surface area contributed by atoms with E-state index in [2.05, 4.69) is 15.6 Å². The summed E-state index contributed by atoms with van der Waals surface area (Å²) in [6.45, 7) is 10.1. The molecule has 1 aliphatic heterocycles. The van der Waals surface area contributed by atoms with Crippen molar-refractivity contribution in [3.8, 4) is 0 Å². The fraction of sp³-hybridized carbons (Fsp3) is 0.600. The number of amides is 3. The maximum absolute atomic E-state index is 13.8. The SMILES string of the molecule is CC(C)[C@H](NC(=O)[C@H]1CCCCN1C)C(=O)N(C)[C@H](CC(=O)c1nc(C(=O)N[C@@H](Cc2ccccc2)C[C@H](C)C(=O)O)cs1)C(C)C. The minimum absolute atomic E-state index is 0.00532. The van der Waals surface area contributed by atoms with Crippen molar-refractivity contribution < 1.29 is 29.1 Å². The third-order valence-corrected chi connectivity index (χ3v) is 9.89. The van der Waals surface area contributed by atoms with Crippen LogP contribution in [0.15, 0.2) is 35.7 Å². The summed E-state index contributed by atoms with van der Waals surface area (Å²) < 4.78 is 0. The molecule has 11 nitrogen and oxygen atoms in total. The molecule has 5 atom stereocenters. The van der Waals surface area contributed by atoms with E-state index in [1.807, 2.05) is 70.0 Å². The molecular weight excluding hydrogens is 618 g/mol. The van der Waals surface area contributed by atoms with Crippen LogP contribution < -0.4 is 10.6 Å². The first-order valence-corrected chi connectivity index (χ1v) is 17.4. The monoisotopic (exact) mass is 669 g/mol. The summed E-state index contributed by atoms with van der Waals surface area (Å²) in [4.78, 5) is 73.1. The number of piperidine rings is 1. The first kappa shape index (κ1) is 37.8. The Kier molecular flexibility index (Phi) is 14.1. The van der Waals surface area contributed by atoms with E-state index in [1.54, 1.807) is 18.9 Å². The summed E-state index contributed by atoms with van der Waals surface area (Å²) >= 11 is 1.06. The third-order valence-electron chi connectivity index (χ3n) is 9.01. The van der Waals surface area contributed by atoms with Crippen LogP contribution in [-0.2, 0) is 20.8 Å². The van der Waals surface area contributed by atoms with E-state index in [9.17, 15) is 29.1 Å². The third kappa shape index (κ3) is 10.7. The molecule has 0 radical (unpaired) electrons. The lowest BCUT2D eigenvalue weighted by Gasteiger charge is -2.36. The number of aromatic nitrogens is 1. The molecule has 0 bridgehead atoms. The summed E-state index contributed by atoms with van der Waals surface area (Å²) in [7, 11) is 3.60. The van der Waals surface area contributed by atoms with Crippen LogP contribution in [0.1, 0.15) is 92.6 Å². The van der Waals surface area contributed by atoms with Gasteiger partial charge in [0.15, 0.2) is 10.8 Å². The van der Waals surface area contributed by atoms with Crippen molar-refractivity contribution in [2.45, 2.75) is 97.3 Å². The van der Waals surface area contributed by atoms with Gasteiger partial charge in [-0.05, 0) is 56.7 Å². The Bertz CT molecular complexity index is 1380. The van der Waals surface area contributed by atoms with Crippen LogP contribution in [0, 0.1) is 17.8 Å². The molecular formula is C35H51N5O6S. The van der Waals surface area contributed by atoms with Gasteiger partial charge in [0, 0.05) is 30.9 Å². The highest BCUT2D eigenvalue weighted by Gasteiger charge is 2.36. The Hall–Kier alpha value is -3.64. The van der Waals surface area contributed by atoms with Crippen molar-refractivity contribution in [2.75, 3.05) is 20.6 Å². The van der Waals surface area contributed by atoms with Crippen LogP contribution in [0.25, 0.3) is 0 Å². The van der Waals surface area contributed by atoms with Gasteiger partial charge in [-0.15, -0.1) is 11.3 Å². The molecule has 2 aromatic rings. The minimum atomic E-state index is -0.944. The number of benzene rings is 1. The van der Waals surface area contributed by atoms with E-state index in [0.717, 1.165) is 42.7 Å². The first-order chi connectivity index (χ1) is 22.2. The topological polar surface area (TPSA) is 149 Å². The number of thiazole rings is 1. The number of likely N-dealkylation sites (N-methyl/N-ethyl adjacent to an activating group) is 2. The highest BCUT2D eigenvalue weighted by molar-refractivity contribution is 7.11. The second-order valence-electron chi connectivity index (χ2n) is 13.5. The van der Waals surface area contributed by atoms with Gasteiger partial charge in [-0.1, -0.05) is 71.4 Å². The van der Waals surface area contributed by atoms with Crippen molar-refractivity contribution >= 4 is 40.8 Å². The maximum atomic E-state index is 13.8. The summed E-state index contributed by atoms with van der Waals surface area (Å²) in [5, 5.41) is 17.0. The molecule has 258 valence electrons. The zero-order valence-electron chi connectivity index (χ0n) is 28.7. The van der Waals surface area contributed by atoms with Crippen LogP contribution in [-0.4, -0.2) is 94.2 Å². The molecule has 3 N–H and O–H groups in total. The molecule has 0 spiro atoms. The minimum Gasteiger partial charge on any atom is -0.481 e. The molecule has 1 aromatic heterocycles. The Morgan fingerprint density at radius 3 is 2.30 bits per heavy atom. The van der Waals surface area contributed by atoms with Crippen LogP contribution >= 0.6 is 11.3 Å². The Morgan fingerprint density at radius 2 is 1.70 bits per heavy atom. The Labute approximate surface area is 282 Å². The van der Waals surface area contributed by atoms with Gasteiger partial charge in [-0.2, -0.15) is 0 Å². The first-order valence-electron chi connectivity index (χ1n) is 16.5. The van der Waals surface area contributed by atoms with Gasteiger partial charge in [-0.3, -0.25) is 28.9 Å². The number of aliphatic carboxylic acids is 1. The van der Waals surface area contributed by atoms with Gasteiger partial charge in [0.1, 0.15) is 11.7 Å². The fourth-order valence-corrected chi connectivity index (χ4v) is 6.78. The van der Waals surface area contributed by atoms with Gasteiger partial charge in [0.05, 0.1) is 12.0 Å². The van der Waals surface area contributed by atoms with Crippen LogP contribution in [0.2, 0.25) is 0 Å². The number of carbonyl (C=O) groups excluding carboxylic acids is 4. The molecule has 1 aromatic carbocycles. The average molecular weight is 670 g/mol. The number of carboxylic acid groups (broad SMARTS) is 1. The summed E-state index contributed by atoms with van der Waals surface area (Å²) in [6.07, 6.45) is 3.46. The van der Waals surface area contributed by atoms with Gasteiger partial charge < -0.3 is 20.6 Å². The zero-order valence-corrected chi connectivity index (χ0v) is 29.5. The number of hydrogen-bond donors (Lipinski definition) is 3. The van der Waals surface area contributed by atoms with Gasteiger partial charge >= 0.3 is 5.97 Å². The Balaban J connectivity index is 1.69. The predicted molar refractivity (Wildman–Crippen MR) is 182 cm³/mol. The van der Waals surface area contributed by atoms with Gasteiger partial charge in [0.2, 0.25) is 11.8 Å². The van der Waals surface area contributed by atoms with Crippen molar-refractivity contribution in [3.63, 3.8) is 0 Å². The highest BCUT2D eigenvalue weighted by atomic mass is 32.1. The number of hydrogen-bond acceptors (Lipinski definition) is 8. The molecule has 3 rings (SSSR count). The quantitative estimate of drug-likeness (QED) is 0.225. The predicted octanol–water partition coefficient (Wildman–Crippen LogP) is 4.28. The molecule has 0 aliphatic carbocycles. The average Bonchev–Trinajstić information content (AvgIpc) is 3.53. The lowest BCUT2D eigenvalue weighted by atomic mass is 9.94. The highest BCUT2D eigenvalue weighted by Crippen LogP contribution is 2.22. The summed E-state index contributed by atoms with van der Waals surface area (Å²) in [5.41, 5.74) is 1.05. The number of nitrogens with zero attached hydrogens (tertiary/aromatic N) is 3. The van der Waals surface area contributed by atoms with E-state index in [4.69, 9.17) is 0 Å². The number of rotatable bonds is 16. The van der Waals surface area contributed by atoms with Crippen molar-refractivity contribution in [2.24, 2.45) is 17.8 Å². The Morgan fingerprint density at radius 1 is 1.02 bits per heavy atom. The van der Waals surface area contributed by atoms with Crippen LogP contribution in [0.3, 0.4) is 0 Å². The largest absolute Gasteiger partial charge is 0.481 e. The molecule has 0 saturated carbocycles. The molecule has 1 saturated heterocycles. The van der Waals surface area contributed by atoms with Crippen molar-refractivity contribution in [1.82, 2.24) is 25.4 Å². The van der Waals surface area contributed by atoms with Crippen molar-refractivity contribution in [1.29, 1.82) is 0 Å². The lowest BCUT2D eigenvalue weighted by Crippen LogP contribution is -2.57. The normalized spacial score (nSPS) is 17.9. The van der Waals surface area contributed by atoms with Crippen LogP contribution in [0.5, 0.6) is 0 Å². The number of ketones is 1. The van der Waals surface area contributed by atoms with Gasteiger partial charge in [-0.25, -0.2) is 4.98 Å². The zero-order chi connectivity index (χ0) is 34.8. The summed E-state index contributed by atoms with van der Waals surface area (Å²) in [6, 6.07) is 7.59. The molecule has 3 amide bonds. The molecule has 1 fully saturated rings. The smallest absolute Gasteiger partial charge is 0.306 e. The number of likely N-dealkylation sites (tertiary alicyclic amines) is 1. The number of carboxylic acids is 1. The maximum Gasteiger partial charge on any atom is 0.306 e. The summed E-state index contributed by atoms with van der Waals surface area (Å²) in [5.74, 6) is -3.01. The number of nitrogens with one attached hydrogen (secondary N) is 2. The van der Waals surface area contributed by atoms with E-state index >= 15 is 0 Å². The number of Topliss-reactive ketones (excluding diaryl/α,β-unsaturated/α-hetero) is 1. The van der Waals surface area contributed by atoms with Crippen LogP contribution in [0.4, 0.5) is 0 Å². The van der Waals surface area contributed by atoms with E-state index in [0.29, 0.717) is 6.42 Å². The molecule has 0 unspecified atom stereocenters. The molecule has 12 heteroatoms. The second-order valence-corrected chi connectivity index (χ2v) is 14.3. The fourth-order valence-electron chi connectivity index (χ4n) is 6.03. The standard InChI is InChI=1S/C35H51N5O6S/c1-21(2)28(40(7)34(44)30(22(3)4)38-32(43)27-15-11-12-16-39(27)6)19-29(41)33-37-26(20-47-33)31(42)36-25(17-23(5)35(45)46)18-24-13-9-8-10-14-24/h8-10,13-14,20-23,25,27-28,30H,11-12,15-19H2,1-7H3,(H,36,42)(H,38,43)(H,45,46)/t23-,25+,27+,28+,30-/m0/s1. The molecule has 1 aliphatic rings.